The molecule has 0 radical (unpaired) electrons. The van der Waals surface area contributed by atoms with Crippen molar-refractivity contribution in [2.45, 2.75) is 25.3 Å². The molecule has 1 fully saturated rings. The Labute approximate surface area is 111 Å². The van der Waals surface area contributed by atoms with Crippen LogP contribution in [0.4, 0.5) is 5.69 Å². The largest absolute Gasteiger partial charge is 0.398 e. The molecule has 1 aromatic rings. The molecule has 0 aromatic heterocycles. The Morgan fingerprint density at radius 1 is 1.50 bits per heavy atom. The Hall–Kier alpha value is -1.73. The SMILES string of the molecule is N#CC1CCCC1NC(=O)c1ccc(Cl)cc1N. The summed E-state index contributed by atoms with van der Waals surface area (Å²) in [5.74, 6) is -0.334. The lowest BCUT2D eigenvalue weighted by atomic mass is 10.0. The number of nitrogens with two attached hydrogens (primary N) is 1. The topological polar surface area (TPSA) is 78.9 Å². The summed E-state index contributed by atoms with van der Waals surface area (Å²) in [5.41, 5.74) is 6.51. The minimum atomic E-state index is -0.240. The predicted molar refractivity (Wildman–Crippen MR) is 70.1 cm³/mol. The van der Waals surface area contributed by atoms with Crippen LogP contribution in [0.15, 0.2) is 18.2 Å². The molecule has 1 amide bonds. The molecular weight excluding hydrogens is 250 g/mol. The van der Waals surface area contributed by atoms with E-state index in [-0.39, 0.29) is 17.9 Å². The molecule has 0 spiro atoms. The highest BCUT2D eigenvalue weighted by Crippen LogP contribution is 2.26. The van der Waals surface area contributed by atoms with Crippen molar-refractivity contribution < 1.29 is 4.79 Å². The highest BCUT2D eigenvalue weighted by atomic mass is 35.5. The van der Waals surface area contributed by atoms with Gasteiger partial charge in [-0.05, 0) is 37.5 Å². The third-order valence-corrected chi connectivity index (χ3v) is 3.49. The van der Waals surface area contributed by atoms with E-state index in [0.717, 1.165) is 19.3 Å². The number of nitrogen functional groups attached to an aromatic ring is 1. The number of anilines is 1. The molecule has 0 heterocycles. The highest BCUT2D eigenvalue weighted by Gasteiger charge is 2.28. The predicted octanol–water partition coefficient (Wildman–Crippen LogP) is 2.34. The molecule has 3 N–H and O–H groups in total. The molecular formula is C13H14ClN3O. The standard InChI is InChI=1S/C13H14ClN3O/c14-9-4-5-10(11(16)6-9)13(18)17-12-3-1-2-8(12)7-15/h4-6,8,12H,1-3,16H2,(H,17,18). The van der Waals surface area contributed by atoms with Crippen LogP contribution < -0.4 is 11.1 Å². The van der Waals surface area contributed by atoms with E-state index in [0.29, 0.717) is 16.3 Å². The van der Waals surface area contributed by atoms with Crippen LogP contribution in [-0.4, -0.2) is 11.9 Å². The molecule has 0 bridgehead atoms. The Morgan fingerprint density at radius 2 is 2.28 bits per heavy atom. The van der Waals surface area contributed by atoms with Crippen molar-refractivity contribution in [3.05, 3.63) is 28.8 Å². The molecule has 1 aliphatic rings. The van der Waals surface area contributed by atoms with Crippen molar-refractivity contribution in [3.63, 3.8) is 0 Å². The Bertz CT molecular complexity index is 509. The first-order chi connectivity index (χ1) is 8.61. The molecule has 2 rings (SSSR count). The molecule has 2 atom stereocenters. The quantitative estimate of drug-likeness (QED) is 0.804. The second-order valence-electron chi connectivity index (χ2n) is 4.48. The maximum atomic E-state index is 12.1. The molecule has 94 valence electrons. The first kappa shape index (κ1) is 12.7. The van der Waals surface area contributed by atoms with Gasteiger partial charge in [-0.3, -0.25) is 4.79 Å². The average molecular weight is 264 g/mol. The van der Waals surface area contributed by atoms with Gasteiger partial charge < -0.3 is 11.1 Å². The number of nitriles is 1. The van der Waals surface area contributed by atoms with Crippen LogP contribution in [0.3, 0.4) is 0 Å². The van der Waals surface area contributed by atoms with Crippen molar-refractivity contribution in [3.8, 4) is 6.07 Å². The highest BCUT2D eigenvalue weighted by molar-refractivity contribution is 6.31. The smallest absolute Gasteiger partial charge is 0.253 e. The number of nitrogens with one attached hydrogen (secondary N) is 1. The van der Waals surface area contributed by atoms with Gasteiger partial charge in [0.2, 0.25) is 0 Å². The van der Waals surface area contributed by atoms with Gasteiger partial charge >= 0.3 is 0 Å². The Balaban J connectivity index is 2.10. The van der Waals surface area contributed by atoms with Crippen LogP contribution >= 0.6 is 11.6 Å². The van der Waals surface area contributed by atoms with Crippen molar-refractivity contribution in [2.75, 3.05) is 5.73 Å². The number of hydrogen-bond donors (Lipinski definition) is 2. The summed E-state index contributed by atoms with van der Waals surface area (Å²) in [7, 11) is 0. The lowest BCUT2D eigenvalue weighted by Crippen LogP contribution is -2.37. The van der Waals surface area contributed by atoms with Gasteiger partial charge in [-0.25, -0.2) is 0 Å². The van der Waals surface area contributed by atoms with E-state index in [1.165, 1.54) is 0 Å². The van der Waals surface area contributed by atoms with Crippen LogP contribution in [0.25, 0.3) is 0 Å². The Kier molecular flexibility index (Phi) is 3.73. The first-order valence-corrected chi connectivity index (χ1v) is 6.25. The molecule has 18 heavy (non-hydrogen) atoms. The van der Waals surface area contributed by atoms with E-state index in [2.05, 4.69) is 11.4 Å². The average Bonchev–Trinajstić information content (AvgIpc) is 2.76. The fourth-order valence-electron chi connectivity index (χ4n) is 2.27. The molecule has 1 aromatic carbocycles. The number of benzene rings is 1. The number of rotatable bonds is 2. The van der Waals surface area contributed by atoms with Gasteiger partial charge in [-0.2, -0.15) is 5.26 Å². The number of hydrogen-bond acceptors (Lipinski definition) is 3. The number of carbonyl (C=O) groups excluding carboxylic acids is 1. The third-order valence-electron chi connectivity index (χ3n) is 3.26. The molecule has 2 unspecified atom stereocenters. The summed E-state index contributed by atoms with van der Waals surface area (Å²) in [6.07, 6.45) is 2.66. The van der Waals surface area contributed by atoms with Crippen LogP contribution in [0.1, 0.15) is 29.6 Å². The fraction of sp³-hybridized carbons (Fsp3) is 0.385. The van der Waals surface area contributed by atoms with E-state index >= 15 is 0 Å². The maximum absolute atomic E-state index is 12.1. The van der Waals surface area contributed by atoms with Crippen molar-refractivity contribution in [1.82, 2.24) is 5.32 Å². The molecule has 1 saturated carbocycles. The maximum Gasteiger partial charge on any atom is 0.253 e. The van der Waals surface area contributed by atoms with Crippen molar-refractivity contribution in [2.24, 2.45) is 5.92 Å². The van der Waals surface area contributed by atoms with Crippen LogP contribution in [-0.2, 0) is 0 Å². The number of halogens is 1. The number of nitrogens with zero attached hydrogens (tertiary/aromatic N) is 1. The second-order valence-corrected chi connectivity index (χ2v) is 4.91. The minimum Gasteiger partial charge on any atom is -0.398 e. The summed E-state index contributed by atoms with van der Waals surface area (Å²) < 4.78 is 0. The monoisotopic (exact) mass is 263 g/mol. The van der Waals surface area contributed by atoms with Gasteiger partial charge in [0, 0.05) is 16.8 Å². The zero-order valence-corrected chi connectivity index (χ0v) is 10.6. The summed E-state index contributed by atoms with van der Waals surface area (Å²) in [5, 5.41) is 12.3. The first-order valence-electron chi connectivity index (χ1n) is 5.87. The number of carbonyl (C=O) groups is 1. The van der Waals surface area contributed by atoms with Crippen LogP contribution in [0.2, 0.25) is 5.02 Å². The van der Waals surface area contributed by atoms with E-state index in [1.807, 2.05) is 0 Å². The molecule has 4 nitrogen and oxygen atoms in total. The third kappa shape index (κ3) is 2.57. The van der Waals surface area contributed by atoms with E-state index in [4.69, 9.17) is 22.6 Å². The molecule has 0 saturated heterocycles. The summed E-state index contributed by atoms with van der Waals surface area (Å²) in [6.45, 7) is 0. The van der Waals surface area contributed by atoms with Crippen LogP contribution in [0.5, 0.6) is 0 Å². The summed E-state index contributed by atoms with van der Waals surface area (Å²) >= 11 is 5.78. The van der Waals surface area contributed by atoms with Gasteiger partial charge in [0.15, 0.2) is 0 Å². The molecule has 1 aliphatic carbocycles. The van der Waals surface area contributed by atoms with E-state index in [1.54, 1.807) is 18.2 Å². The zero-order valence-electron chi connectivity index (χ0n) is 9.82. The van der Waals surface area contributed by atoms with E-state index < -0.39 is 0 Å². The van der Waals surface area contributed by atoms with Gasteiger partial charge in [-0.1, -0.05) is 11.6 Å². The Morgan fingerprint density at radius 3 is 2.94 bits per heavy atom. The fourth-order valence-corrected chi connectivity index (χ4v) is 2.45. The molecule has 5 heteroatoms. The normalized spacial score (nSPS) is 22.4. The van der Waals surface area contributed by atoms with E-state index in [9.17, 15) is 4.79 Å². The summed E-state index contributed by atoms with van der Waals surface area (Å²) in [6, 6.07) is 6.93. The van der Waals surface area contributed by atoms with Gasteiger partial charge in [0.25, 0.3) is 5.91 Å². The summed E-state index contributed by atoms with van der Waals surface area (Å²) in [4.78, 5) is 12.1. The van der Waals surface area contributed by atoms with Gasteiger partial charge in [0.1, 0.15) is 0 Å². The molecule has 0 aliphatic heterocycles. The minimum absolute atomic E-state index is 0.0717. The van der Waals surface area contributed by atoms with Gasteiger partial charge in [-0.15, -0.1) is 0 Å². The van der Waals surface area contributed by atoms with Crippen molar-refractivity contribution >= 4 is 23.2 Å². The number of amides is 1. The lowest BCUT2D eigenvalue weighted by molar-refractivity contribution is 0.0934. The zero-order chi connectivity index (χ0) is 13.1. The second kappa shape index (κ2) is 5.28. The van der Waals surface area contributed by atoms with Crippen LogP contribution in [0, 0.1) is 17.2 Å². The lowest BCUT2D eigenvalue weighted by Gasteiger charge is -2.16. The van der Waals surface area contributed by atoms with Crippen molar-refractivity contribution in [1.29, 1.82) is 5.26 Å². The van der Waals surface area contributed by atoms with Gasteiger partial charge in [0.05, 0.1) is 17.6 Å².